The van der Waals surface area contributed by atoms with Gasteiger partial charge in [-0.3, -0.25) is 11.8 Å². The van der Waals surface area contributed by atoms with Crippen LogP contribution in [0.5, 0.6) is 0 Å². The molecular formula is C81H62Au2P2+2. The SMILES string of the molecule is CC(C)([PH+](c1ccccc1)c1ccccc1)[PH+](c1ccccc1)c1ccccc1.[Au+].[Au+].[C-]#Cc1cccc2c1-c1ccccc1C2(c1ccccc1)c1ccccc1.[C-]#Cc1cccc2c1-c1ccccc1C2(c1ccccc1)c1ccccc1. The summed E-state index contributed by atoms with van der Waals surface area (Å²) in [4.78, 5) is 0.154. The van der Waals surface area contributed by atoms with Gasteiger partial charge in [-0.05, 0) is 104 Å². The molecule has 85 heavy (non-hydrogen) atoms. The molecule has 0 aliphatic heterocycles. The van der Waals surface area contributed by atoms with Crippen molar-refractivity contribution in [1.82, 2.24) is 0 Å². The minimum absolute atomic E-state index is 0. The molecule has 2 aliphatic carbocycles. The molecule has 0 fully saturated rings. The summed E-state index contributed by atoms with van der Waals surface area (Å²) in [6.45, 7) is 5.02. The van der Waals surface area contributed by atoms with E-state index in [4.69, 9.17) is 12.8 Å². The first kappa shape index (κ1) is 60.2. The second-order valence-electron chi connectivity index (χ2n) is 21.6. The van der Waals surface area contributed by atoms with Crippen LogP contribution >= 0.6 is 15.8 Å². The third-order valence-corrected chi connectivity index (χ3v) is 24.4. The Labute approximate surface area is 537 Å². The second kappa shape index (κ2) is 27.0. The Morgan fingerprint density at radius 1 is 0.271 bits per heavy atom. The van der Waals surface area contributed by atoms with Crippen LogP contribution in [0.25, 0.3) is 22.3 Å². The number of fused-ring (bicyclic) bond motifs is 6. The van der Waals surface area contributed by atoms with E-state index in [0.29, 0.717) is 0 Å². The molecule has 0 unspecified atom stereocenters. The summed E-state index contributed by atoms with van der Waals surface area (Å²) in [5.41, 5.74) is 15.5. The molecule has 0 saturated heterocycles. The van der Waals surface area contributed by atoms with E-state index in [2.05, 4.69) is 329 Å². The molecule has 0 bridgehead atoms. The van der Waals surface area contributed by atoms with Crippen LogP contribution in [0.2, 0.25) is 0 Å². The Balaban J connectivity index is 0.000000140. The van der Waals surface area contributed by atoms with E-state index in [-0.39, 0.29) is 60.5 Å². The first-order chi connectivity index (χ1) is 40.9. The van der Waals surface area contributed by atoms with Gasteiger partial charge in [0.1, 0.15) is 37.1 Å². The Morgan fingerprint density at radius 3 is 0.753 bits per heavy atom. The molecule has 14 rings (SSSR count). The molecule has 0 amide bonds. The molecule has 0 aromatic heterocycles. The number of hydrogen-bond acceptors (Lipinski definition) is 0. The quantitative estimate of drug-likeness (QED) is 0.0554. The van der Waals surface area contributed by atoms with Crippen LogP contribution < -0.4 is 21.2 Å². The first-order valence-corrected chi connectivity index (χ1v) is 31.4. The molecule has 2 aliphatic rings. The van der Waals surface area contributed by atoms with Crippen molar-refractivity contribution >= 4 is 37.1 Å². The van der Waals surface area contributed by atoms with Gasteiger partial charge in [0, 0.05) is 13.8 Å². The van der Waals surface area contributed by atoms with Crippen LogP contribution in [0.4, 0.5) is 0 Å². The molecule has 0 atom stereocenters. The molecule has 4 heteroatoms. The Morgan fingerprint density at radius 2 is 0.494 bits per heavy atom. The minimum Gasteiger partial charge on any atom is -0.366 e. The van der Waals surface area contributed by atoms with Crippen LogP contribution in [0, 0.1) is 24.7 Å². The average Bonchev–Trinajstić information content (AvgIpc) is 1.61. The smallest absolute Gasteiger partial charge is 0.366 e. The van der Waals surface area contributed by atoms with Crippen LogP contribution in [-0.2, 0) is 55.6 Å². The van der Waals surface area contributed by atoms with Gasteiger partial charge in [0.2, 0.25) is 0 Å². The summed E-state index contributed by atoms with van der Waals surface area (Å²) >= 11 is 0. The maximum Gasteiger partial charge on any atom is 1.00 e. The van der Waals surface area contributed by atoms with Gasteiger partial charge in [-0.2, -0.15) is 0 Å². The van der Waals surface area contributed by atoms with Crippen molar-refractivity contribution in [2.24, 2.45) is 0 Å². The maximum atomic E-state index is 7.84. The van der Waals surface area contributed by atoms with E-state index in [1.54, 1.807) is 0 Å². The van der Waals surface area contributed by atoms with Gasteiger partial charge in [0.25, 0.3) is 0 Å². The largest absolute Gasteiger partial charge is 1.00 e. The number of hydrogen-bond donors (Lipinski definition) is 0. The van der Waals surface area contributed by atoms with Crippen LogP contribution in [0.3, 0.4) is 0 Å². The standard InChI is InChI=1S/C27H26P2.2C27H17.2Au/c1-27(2,28(23-15-7-3-8-16-23)24-17-9-4-10-18-24)29(25-19-11-5-12-20-25)26-21-13-6-14-22-26;2*1-2-20-12-11-19-25-26(20)23-17-9-10-18-24(23)27(25,21-13-5-3-6-14-21)22-15-7-4-8-16-22;;/h3-22H,1-2H3;2*3-19H;;/q;2*-1;2*+1/p+2. The zero-order valence-corrected chi connectivity index (χ0v) is 53.6. The molecule has 0 nitrogen and oxygen atoms in total. The van der Waals surface area contributed by atoms with Crippen molar-refractivity contribution in [3.8, 4) is 34.1 Å². The van der Waals surface area contributed by atoms with Gasteiger partial charge < -0.3 is 12.8 Å². The summed E-state index contributed by atoms with van der Waals surface area (Å²) in [6, 6.07) is 117. The van der Waals surface area contributed by atoms with Crippen molar-refractivity contribution in [1.29, 1.82) is 0 Å². The van der Waals surface area contributed by atoms with Crippen LogP contribution in [0.1, 0.15) is 69.5 Å². The van der Waals surface area contributed by atoms with E-state index in [9.17, 15) is 0 Å². The van der Waals surface area contributed by atoms with Crippen molar-refractivity contribution in [3.05, 3.63) is 396 Å². The predicted octanol–water partition coefficient (Wildman–Crippen LogP) is 17.4. The number of benzene rings is 12. The molecule has 0 heterocycles. The summed E-state index contributed by atoms with van der Waals surface area (Å²) in [6.07, 6.45) is 15.7. The Bertz CT molecular complexity index is 3800. The summed E-state index contributed by atoms with van der Waals surface area (Å²) in [5.74, 6) is 5.32. The normalized spacial score (nSPS) is 12.5. The molecule has 12 aromatic rings. The Hall–Kier alpha value is -7.90. The third-order valence-electron chi connectivity index (χ3n) is 16.7. The fourth-order valence-corrected chi connectivity index (χ4v) is 21.9. The fourth-order valence-electron chi connectivity index (χ4n) is 13.5. The fraction of sp³-hybridized carbons (Fsp3) is 0.0617. The van der Waals surface area contributed by atoms with Crippen LogP contribution in [-0.4, -0.2) is 4.90 Å². The zero-order valence-electron chi connectivity index (χ0n) is 47.3. The first-order valence-electron chi connectivity index (χ1n) is 28.4. The van der Waals surface area contributed by atoms with Gasteiger partial charge in [-0.25, -0.2) is 0 Å². The van der Waals surface area contributed by atoms with E-state index in [0.717, 1.165) is 22.3 Å². The van der Waals surface area contributed by atoms with Crippen molar-refractivity contribution in [2.45, 2.75) is 29.6 Å². The molecule has 0 N–H and O–H groups in total. The molecular weight excluding hydrogens is 1430 g/mol. The van der Waals surface area contributed by atoms with Crippen molar-refractivity contribution < 1.29 is 44.8 Å². The summed E-state index contributed by atoms with van der Waals surface area (Å²) < 4.78 is 0. The van der Waals surface area contributed by atoms with Gasteiger partial charge in [0.15, 0.2) is 4.90 Å². The topological polar surface area (TPSA) is 0 Å². The maximum absolute atomic E-state index is 7.84. The van der Waals surface area contributed by atoms with Gasteiger partial charge in [-0.1, -0.05) is 278 Å². The molecule has 0 radical (unpaired) electrons. The van der Waals surface area contributed by atoms with Crippen LogP contribution in [0.15, 0.2) is 328 Å². The van der Waals surface area contributed by atoms with Gasteiger partial charge in [-0.15, -0.1) is 23.3 Å². The predicted molar refractivity (Wildman–Crippen MR) is 355 cm³/mol. The third kappa shape index (κ3) is 11.1. The van der Waals surface area contributed by atoms with Crippen molar-refractivity contribution in [2.75, 3.05) is 0 Å². The molecule has 416 valence electrons. The Kier molecular flexibility index (Phi) is 19.1. The second-order valence-corrected chi connectivity index (χ2v) is 28.4. The number of rotatable bonds is 10. The van der Waals surface area contributed by atoms with Crippen molar-refractivity contribution in [3.63, 3.8) is 0 Å². The monoisotopic (exact) mass is 1490 g/mol. The van der Waals surface area contributed by atoms with E-state index in [1.807, 2.05) is 24.3 Å². The summed E-state index contributed by atoms with van der Waals surface area (Å²) in [7, 11) is -2.05. The average molecular weight is 1490 g/mol. The van der Waals surface area contributed by atoms with Gasteiger partial charge in [0.05, 0.1) is 10.8 Å². The summed E-state index contributed by atoms with van der Waals surface area (Å²) in [5, 5.41) is 5.96. The van der Waals surface area contributed by atoms with E-state index >= 15 is 0 Å². The molecule has 0 spiro atoms. The van der Waals surface area contributed by atoms with E-state index in [1.165, 1.54) is 76.9 Å². The van der Waals surface area contributed by atoms with E-state index < -0.39 is 15.8 Å². The van der Waals surface area contributed by atoms with Gasteiger partial charge >= 0.3 is 44.8 Å². The zero-order chi connectivity index (χ0) is 56.6. The molecule has 12 aromatic carbocycles. The minimum atomic E-state index is -1.02. The molecule has 0 saturated carbocycles.